The summed E-state index contributed by atoms with van der Waals surface area (Å²) in [5.74, 6) is 0. The van der Waals surface area contributed by atoms with Gasteiger partial charge in [-0.3, -0.25) is 10.1 Å². The van der Waals surface area contributed by atoms with E-state index >= 15 is 0 Å². The Morgan fingerprint density at radius 3 is 2.00 bits per heavy atom. The second-order valence-corrected chi connectivity index (χ2v) is 6.20. The Morgan fingerprint density at radius 1 is 0.833 bits per heavy atom. The average Bonchev–Trinajstić information content (AvgIpc) is 2.62. The molecule has 0 bridgehead atoms. The molecular weight excluding hydrogens is 366 g/mol. The van der Waals surface area contributed by atoms with Gasteiger partial charge in [0.2, 0.25) is 0 Å². The minimum absolute atomic E-state index is 0.0945. The van der Waals surface area contributed by atoms with Crippen LogP contribution in [-0.2, 0) is 0 Å². The highest BCUT2D eigenvalue weighted by atomic mass is 79.9. The summed E-state index contributed by atoms with van der Waals surface area (Å²) in [6.45, 7) is 0. The lowest BCUT2D eigenvalue weighted by Gasteiger charge is -2.09. The molecule has 0 aliphatic carbocycles. The molecule has 3 rings (SSSR count). The first-order valence-corrected chi connectivity index (χ1v) is 8.20. The number of nitro groups is 1. The number of non-ortho nitro benzene ring substituents is 1. The van der Waals surface area contributed by atoms with Crippen molar-refractivity contribution in [2.24, 2.45) is 0 Å². The van der Waals surface area contributed by atoms with Crippen LogP contribution in [0.25, 0.3) is 11.6 Å². The van der Waals surface area contributed by atoms with Crippen molar-refractivity contribution in [1.29, 1.82) is 0 Å². The molecule has 0 aliphatic rings. The van der Waals surface area contributed by atoms with E-state index in [0.29, 0.717) is 0 Å². The molecule has 4 heteroatoms. The summed E-state index contributed by atoms with van der Waals surface area (Å²) < 4.78 is 1.02. The molecule has 0 heterocycles. The summed E-state index contributed by atoms with van der Waals surface area (Å²) in [4.78, 5) is 10.4. The molecule has 0 spiro atoms. The number of halogens is 1. The number of benzene rings is 3. The van der Waals surface area contributed by atoms with E-state index in [0.717, 1.165) is 26.7 Å². The van der Waals surface area contributed by atoms with Crippen LogP contribution in [0, 0.1) is 10.1 Å². The number of rotatable bonds is 4. The highest BCUT2D eigenvalue weighted by molar-refractivity contribution is 9.10. The van der Waals surface area contributed by atoms with Crippen molar-refractivity contribution in [3.63, 3.8) is 0 Å². The Kier molecular flexibility index (Phi) is 4.87. The fourth-order valence-electron chi connectivity index (χ4n) is 2.44. The molecule has 0 radical (unpaired) electrons. The van der Waals surface area contributed by atoms with Gasteiger partial charge in [-0.05, 0) is 52.6 Å². The summed E-state index contributed by atoms with van der Waals surface area (Å²) in [6.07, 6.45) is 2.04. The van der Waals surface area contributed by atoms with Crippen LogP contribution in [0.15, 0.2) is 83.3 Å². The van der Waals surface area contributed by atoms with Crippen molar-refractivity contribution in [3.05, 3.63) is 110 Å². The standard InChI is InChI=1S/C20H14BrNO2/c21-18-10-8-17(9-11-18)20(16-4-2-1-3-5-16)14-15-6-12-19(13-7-15)22(23)24/h1-14H. The third kappa shape index (κ3) is 3.78. The largest absolute Gasteiger partial charge is 0.269 e. The molecule has 0 amide bonds. The molecule has 118 valence electrons. The molecular formula is C20H14BrNO2. The molecule has 0 aromatic heterocycles. The molecule has 3 aromatic carbocycles. The number of hydrogen-bond acceptors (Lipinski definition) is 2. The molecule has 0 saturated carbocycles. The lowest BCUT2D eigenvalue weighted by molar-refractivity contribution is -0.384. The van der Waals surface area contributed by atoms with E-state index in [1.54, 1.807) is 12.1 Å². The summed E-state index contributed by atoms with van der Waals surface area (Å²) in [7, 11) is 0. The maximum atomic E-state index is 10.8. The van der Waals surface area contributed by atoms with Crippen molar-refractivity contribution in [3.8, 4) is 0 Å². The van der Waals surface area contributed by atoms with E-state index in [1.807, 2.05) is 48.5 Å². The van der Waals surface area contributed by atoms with Gasteiger partial charge in [-0.25, -0.2) is 0 Å². The van der Waals surface area contributed by atoms with Crippen molar-refractivity contribution in [2.45, 2.75) is 0 Å². The average molecular weight is 380 g/mol. The third-order valence-electron chi connectivity index (χ3n) is 3.65. The van der Waals surface area contributed by atoms with E-state index in [1.165, 1.54) is 12.1 Å². The Balaban J connectivity index is 2.07. The minimum atomic E-state index is -0.389. The van der Waals surface area contributed by atoms with Crippen LogP contribution in [0.4, 0.5) is 5.69 Å². The summed E-state index contributed by atoms with van der Waals surface area (Å²) in [5, 5.41) is 10.8. The molecule has 0 N–H and O–H groups in total. The summed E-state index contributed by atoms with van der Waals surface area (Å²) in [6, 6.07) is 24.8. The number of hydrogen-bond donors (Lipinski definition) is 0. The molecule has 0 fully saturated rings. The lowest BCUT2D eigenvalue weighted by Crippen LogP contribution is -1.89. The first-order chi connectivity index (χ1) is 11.6. The van der Waals surface area contributed by atoms with Crippen molar-refractivity contribution in [1.82, 2.24) is 0 Å². The Morgan fingerprint density at radius 2 is 1.42 bits per heavy atom. The first-order valence-electron chi connectivity index (χ1n) is 7.41. The van der Waals surface area contributed by atoms with Gasteiger partial charge < -0.3 is 0 Å². The van der Waals surface area contributed by atoms with Crippen molar-refractivity contribution in [2.75, 3.05) is 0 Å². The van der Waals surface area contributed by atoms with E-state index in [9.17, 15) is 10.1 Å². The zero-order valence-corrected chi connectivity index (χ0v) is 14.3. The van der Waals surface area contributed by atoms with E-state index in [4.69, 9.17) is 0 Å². The van der Waals surface area contributed by atoms with Crippen molar-refractivity contribution >= 4 is 33.3 Å². The van der Waals surface area contributed by atoms with Crippen LogP contribution in [-0.4, -0.2) is 4.92 Å². The normalized spacial score (nSPS) is 11.3. The Bertz CT molecular complexity index is 870. The molecule has 3 nitrogen and oxygen atoms in total. The summed E-state index contributed by atoms with van der Waals surface area (Å²) >= 11 is 3.46. The van der Waals surface area contributed by atoms with Crippen LogP contribution < -0.4 is 0 Å². The monoisotopic (exact) mass is 379 g/mol. The van der Waals surface area contributed by atoms with Gasteiger partial charge >= 0.3 is 0 Å². The predicted octanol–water partition coefficient (Wildman–Crippen LogP) is 5.95. The number of nitro benzene ring substituents is 1. The van der Waals surface area contributed by atoms with Gasteiger partial charge in [-0.1, -0.05) is 58.4 Å². The quantitative estimate of drug-likeness (QED) is 0.319. The molecule has 0 atom stereocenters. The van der Waals surface area contributed by atoms with Gasteiger partial charge in [-0.15, -0.1) is 0 Å². The van der Waals surface area contributed by atoms with Crippen LogP contribution in [0.1, 0.15) is 16.7 Å². The zero-order chi connectivity index (χ0) is 16.9. The van der Waals surface area contributed by atoms with Gasteiger partial charge in [0.15, 0.2) is 0 Å². The summed E-state index contributed by atoms with van der Waals surface area (Å²) in [5.41, 5.74) is 4.26. The van der Waals surface area contributed by atoms with Gasteiger partial charge in [0.1, 0.15) is 0 Å². The zero-order valence-electron chi connectivity index (χ0n) is 12.7. The number of nitrogens with zero attached hydrogens (tertiary/aromatic N) is 1. The van der Waals surface area contributed by atoms with E-state index < -0.39 is 0 Å². The molecule has 3 aromatic rings. The lowest BCUT2D eigenvalue weighted by atomic mass is 9.96. The fraction of sp³-hybridized carbons (Fsp3) is 0. The fourth-order valence-corrected chi connectivity index (χ4v) is 2.70. The Hall–Kier alpha value is -2.72. The van der Waals surface area contributed by atoms with Gasteiger partial charge in [-0.2, -0.15) is 0 Å². The minimum Gasteiger partial charge on any atom is -0.258 e. The molecule has 0 saturated heterocycles. The Labute approximate surface area is 148 Å². The highest BCUT2D eigenvalue weighted by Crippen LogP contribution is 2.27. The molecule has 0 aliphatic heterocycles. The first kappa shape index (κ1) is 16.1. The van der Waals surface area contributed by atoms with Gasteiger partial charge in [0.05, 0.1) is 4.92 Å². The van der Waals surface area contributed by atoms with Crippen LogP contribution in [0.2, 0.25) is 0 Å². The predicted molar refractivity (Wildman–Crippen MR) is 101 cm³/mol. The maximum Gasteiger partial charge on any atom is 0.269 e. The third-order valence-corrected chi connectivity index (χ3v) is 4.18. The molecule has 24 heavy (non-hydrogen) atoms. The van der Waals surface area contributed by atoms with E-state index in [2.05, 4.69) is 28.1 Å². The van der Waals surface area contributed by atoms with Crippen LogP contribution in [0.3, 0.4) is 0 Å². The SMILES string of the molecule is O=[N+]([O-])c1ccc(C=C(c2ccccc2)c2ccc(Br)cc2)cc1. The highest BCUT2D eigenvalue weighted by Gasteiger charge is 2.07. The smallest absolute Gasteiger partial charge is 0.258 e. The van der Waals surface area contributed by atoms with Crippen molar-refractivity contribution < 1.29 is 4.92 Å². The second-order valence-electron chi connectivity index (χ2n) is 5.28. The molecule has 0 unspecified atom stereocenters. The maximum absolute atomic E-state index is 10.8. The van der Waals surface area contributed by atoms with Crippen LogP contribution in [0.5, 0.6) is 0 Å². The van der Waals surface area contributed by atoms with Gasteiger partial charge in [0.25, 0.3) is 5.69 Å². The topological polar surface area (TPSA) is 43.1 Å². The van der Waals surface area contributed by atoms with Crippen LogP contribution >= 0.6 is 15.9 Å². The van der Waals surface area contributed by atoms with E-state index in [-0.39, 0.29) is 10.6 Å². The van der Waals surface area contributed by atoms with Gasteiger partial charge in [0, 0.05) is 16.6 Å². The second kappa shape index (κ2) is 7.23.